The van der Waals surface area contributed by atoms with E-state index in [1.54, 1.807) is 6.07 Å². The van der Waals surface area contributed by atoms with Gasteiger partial charge in [-0.15, -0.1) is 0 Å². The van der Waals surface area contributed by atoms with E-state index in [9.17, 15) is 10.1 Å². The molecule has 1 N–H and O–H groups in total. The fourth-order valence-electron chi connectivity index (χ4n) is 2.59. The number of nitro groups is 1. The molecule has 0 radical (unpaired) electrons. The molecule has 2 aliphatic rings. The average molecular weight is 294 g/mol. The molecule has 0 aliphatic carbocycles. The minimum absolute atomic E-state index is 0.0805. The van der Waals surface area contributed by atoms with E-state index in [0.29, 0.717) is 37.2 Å². The Morgan fingerprint density at radius 3 is 2.76 bits per heavy atom. The van der Waals surface area contributed by atoms with Crippen molar-refractivity contribution in [2.45, 2.75) is 12.8 Å². The van der Waals surface area contributed by atoms with Crippen molar-refractivity contribution in [3.8, 4) is 17.2 Å². The smallest absolute Gasteiger partial charge is 0.314 e. The third kappa shape index (κ3) is 3.18. The van der Waals surface area contributed by atoms with Gasteiger partial charge in [-0.05, 0) is 19.4 Å². The van der Waals surface area contributed by atoms with Crippen LogP contribution in [0.5, 0.6) is 17.2 Å². The van der Waals surface area contributed by atoms with Crippen LogP contribution in [0.4, 0.5) is 5.69 Å². The summed E-state index contributed by atoms with van der Waals surface area (Å²) in [4.78, 5) is 10.7. The highest BCUT2D eigenvalue weighted by Crippen LogP contribution is 2.40. The normalized spacial score (nSPS) is 20.9. The monoisotopic (exact) mass is 294 g/mol. The summed E-state index contributed by atoms with van der Waals surface area (Å²) in [6.07, 6.45) is 2.18. The van der Waals surface area contributed by atoms with Crippen LogP contribution < -0.4 is 19.5 Å². The maximum absolute atomic E-state index is 11.2. The summed E-state index contributed by atoms with van der Waals surface area (Å²) < 4.78 is 16.5. The average Bonchev–Trinajstić information content (AvgIpc) is 2.53. The summed E-state index contributed by atoms with van der Waals surface area (Å²) in [5.74, 6) is 1.53. The van der Waals surface area contributed by atoms with Crippen LogP contribution in [0.25, 0.3) is 0 Å². The Balaban J connectivity index is 1.77. The molecule has 114 valence electrons. The van der Waals surface area contributed by atoms with Gasteiger partial charge in [0.1, 0.15) is 13.2 Å². The van der Waals surface area contributed by atoms with Crippen molar-refractivity contribution >= 4 is 5.69 Å². The minimum Gasteiger partial charge on any atom is -0.486 e. The molecule has 1 aromatic carbocycles. The summed E-state index contributed by atoms with van der Waals surface area (Å²) in [6.45, 7) is 3.22. The van der Waals surface area contributed by atoms with Gasteiger partial charge in [-0.25, -0.2) is 0 Å². The Morgan fingerprint density at radius 1 is 1.33 bits per heavy atom. The molecule has 0 bridgehead atoms. The number of hydrogen-bond acceptors (Lipinski definition) is 6. The Labute approximate surface area is 122 Å². The summed E-state index contributed by atoms with van der Waals surface area (Å²) in [6, 6.07) is 2.94. The van der Waals surface area contributed by atoms with Crippen molar-refractivity contribution in [2.75, 3.05) is 32.9 Å². The molecule has 2 aliphatic heterocycles. The van der Waals surface area contributed by atoms with Crippen LogP contribution in [0.3, 0.4) is 0 Å². The van der Waals surface area contributed by atoms with Crippen molar-refractivity contribution in [2.24, 2.45) is 5.92 Å². The molecule has 7 heteroatoms. The predicted molar refractivity (Wildman–Crippen MR) is 75.2 cm³/mol. The van der Waals surface area contributed by atoms with E-state index < -0.39 is 4.92 Å². The van der Waals surface area contributed by atoms with Gasteiger partial charge in [0.05, 0.1) is 17.6 Å². The van der Waals surface area contributed by atoms with Crippen LogP contribution in [0.2, 0.25) is 0 Å². The molecule has 1 fully saturated rings. The highest BCUT2D eigenvalue weighted by Gasteiger charge is 2.24. The Hall–Kier alpha value is -2.02. The number of nitro benzene ring substituents is 1. The SMILES string of the molecule is O=[N+]([O-])c1cc2c(cc1OCC1CCCNC1)OCCO2. The van der Waals surface area contributed by atoms with Gasteiger partial charge in [-0.1, -0.05) is 0 Å². The molecule has 1 unspecified atom stereocenters. The quantitative estimate of drug-likeness (QED) is 0.673. The van der Waals surface area contributed by atoms with Gasteiger partial charge < -0.3 is 19.5 Å². The van der Waals surface area contributed by atoms with Crippen LogP contribution in [0.15, 0.2) is 12.1 Å². The van der Waals surface area contributed by atoms with Gasteiger partial charge in [0.2, 0.25) is 5.75 Å². The molecule has 1 atom stereocenters. The first-order valence-electron chi connectivity index (χ1n) is 7.15. The van der Waals surface area contributed by atoms with E-state index in [-0.39, 0.29) is 11.4 Å². The van der Waals surface area contributed by atoms with E-state index in [1.165, 1.54) is 6.07 Å². The molecule has 1 saturated heterocycles. The predicted octanol–water partition coefficient (Wildman–Crippen LogP) is 1.74. The summed E-state index contributed by atoms with van der Waals surface area (Å²) >= 11 is 0. The lowest BCUT2D eigenvalue weighted by atomic mass is 10.0. The summed E-state index contributed by atoms with van der Waals surface area (Å²) in [5.41, 5.74) is -0.0805. The van der Waals surface area contributed by atoms with Gasteiger partial charge in [-0.3, -0.25) is 10.1 Å². The van der Waals surface area contributed by atoms with E-state index in [1.807, 2.05) is 0 Å². The van der Waals surface area contributed by atoms with Gasteiger partial charge >= 0.3 is 5.69 Å². The zero-order chi connectivity index (χ0) is 14.7. The van der Waals surface area contributed by atoms with Crippen LogP contribution in [-0.4, -0.2) is 37.8 Å². The van der Waals surface area contributed by atoms with Crippen molar-refractivity contribution < 1.29 is 19.1 Å². The third-order valence-electron chi connectivity index (χ3n) is 3.69. The first kappa shape index (κ1) is 13.9. The van der Waals surface area contributed by atoms with E-state index in [4.69, 9.17) is 14.2 Å². The highest BCUT2D eigenvalue weighted by atomic mass is 16.6. The zero-order valence-electron chi connectivity index (χ0n) is 11.7. The van der Waals surface area contributed by atoms with Crippen LogP contribution in [0, 0.1) is 16.0 Å². The highest BCUT2D eigenvalue weighted by molar-refractivity contribution is 5.58. The molecule has 7 nitrogen and oxygen atoms in total. The van der Waals surface area contributed by atoms with E-state index in [2.05, 4.69) is 5.32 Å². The van der Waals surface area contributed by atoms with Gasteiger partial charge in [-0.2, -0.15) is 0 Å². The summed E-state index contributed by atoms with van der Waals surface area (Å²) in [7, 11) is 0. The zero-order valence-corrected chi connectivity index (χ0v) is 11.7. The minimum atomic E-state index is -0.452. The molecular weight excluding hydrogens is 276 g/mol. The second-order valence-corrected chi connectivity index (χ2v) is 5.24. The second-order valence-electron chi connectivity index (χ2n) is 5.24. The van der Waals surface area contributed by atoms with Crippen molar-refractivity contribution in [1.29, 1.82) is 0 Å². The second kappa shape index (κ2) is 6.17. The molecule has 0 amide bonds. The molecule has 0 spiro atoms. The van der Waals surface area contributed by atoms with Crippen LogP contribution >= 0.6 is 0 Å². The first-order chi connectivity index (χ1) is 10.2. The van der Waals surface area contributed by atoms with E-state index >= 15 is 0 Å². The number of piperidine rings is 1. The maximum atomic E-state index is 11.2. The molecule has 2 heterocycles. The number of fused-ring (bicyclic) bond motifs is 1. The lowest BCUT2D eigenvalue weighted by Gasteiger charge is -2.23. The van der Waals surface area contributed by atoms with Gasteiger partial charge in [0, 0.05) is 18.5 Å². The number of hydrogen-bond donors (Lipinski definition) is 1. The third-order valence-corrected chi connectivity index (χ3v) is 3.69. The lowest BCUT2D eigenvalue weighted by Crippen LogP contribution is -2.33. The molecule has 0 saturated carbocycles. The molecule has 0 aromatic heterocycles. The molecule has 1 aromatic rings. The first-order valence-corrected chi connectivity index (χ1v) is 7.15. The van der Waals surface area contributed by atoms with Crippen molar-refractivity contribution in [3.63, 3.8) is 0 Å². The Bertz CT molecular complexity index is 528. The Morgan fingerprint density at radius 2 is 2.10 bits per heavy atom. The molecule has 3 rings (SSSR count). The van der Waals surface area contributed by atoms with E-state index in [0.717, 1.165) is 25.9 Å². The Kier molecular flexibility index (Phi) is 4.10. The lowest BCUT2D eigenvalue weighted by molar-refractivity contribution is -0.386. The molecule has 21 heavy (non-hydrogen) atoms. The number of nitrogens with one attached hydrogen (secondary N) is 1. The standard InChI is InChI=1S/C14H18N2O5/c17-16(18)11-6-13-14(20-5-4-19-13)7-12(11)21-9-10-2-1-3-15-8-10/h6-7,10,15H,1-5,8-9H2. The fourth-order valence-corrected chi connectivity index (χ4v) is 2.59. The topological polar surface area (TPSA) is 82.9 Å². The van der Waals surface area contributed by atoms with Crippen LogP contribution in [-0.2, 0) is 0 Å². The summed E-state index contributed by atoms with van der Waals surface area (Å²) in [5, 5.41) is 14.5. The number of ether oxygens (including phenoxy) is 3. The fraction of sp³-hybridized carbons (Fsp3) is 0.571. The maximum Gasteiger partial charge on any atom is 0.314 e. The number of nitrogens with zero attached hydrogens (tertiary/aromatic N) is 1. The van der Waals surface area contributed by atoms with Crippen molar-refractivity contribution in [3.05, 3.63) is 22.2 Å². The van der Waals surface area contributed by atoms with Crippen LogP contribution in [0.1, 0.15) is 12.8 Å². The largest absolute Gasteiger partial charge is 0.486 e. The number of rotatable bonds is 4. The van der Waals surface area contributed by atoms with Gasteiger partial charge in [0.15, 0.2) is 11.5 Å². The van der Waals surface area contributed by atoms with Crippen molar-refractivity contribution in [1.82, 2.24) is 5.32 Å². The van der Waals surface area contributed by atoms with Gasteiger partial charge in [0.25, 0.3) is 0 Å². The molecular formula is C14H18N2O5. The number of benzene rings is 1.